The normalized spacial score (nSPS) is 11.5. The van der Waals surface area contributed by atoms with Crippen LogP contribution in [0.1, 0.15) is 36.0 Å². The van der Waals surface area contributed by atoms with Gasteiger partial charge < -0.3 is 18.8 Å². The van der Waals surface area contributed by atoms with Crippen LogP contribution in [0.2, 0.25) is 0 Å². The van der Waals surface area contributed by atoms with Crippen LogP contribution < -0.4 is 9.47 Å². The van der Waals surface area contributed by atoms with E-state index in [0.29, 0.717) is 36.6 Å². The molecule has 9 heteroatoms. The lowest BCUT2D eigenvalue weighted by atomic mass is 10.1. The first-order chi connectivity index (χ1) is 17.7. The second-order valence-electron chi connectivity index (χ2n) is 8.92. The first kappa shape index (κ1) is 28.3. The van der Waals surface area contributed by atoms with E-state index >= 15 is 0 Å². The smallest absolute Gasteiger partial charge is 0.243 e. The minimum atomic E-state index is -3.83. The summed E-state index contributed by atoms with van der Waals surface area (Å²) in [6.45, 7) is 6.24. The number of aryl methyl sites for hydroxylation is 2. The van der Waals surface area contributed by atoms with Gasteiger partial charge in [0.05, 0.1) is 32.2 Å². The van der Waals surface area contributed by atoms with Crippen molar-refractivity contribution in [1.29, 1.82) is 0 Å². The predicted octanol–water partition coefficient (Wildman–Crippen LogP) is 4.59. The third kappa shape index (κ3) is 7.36. The highest BCUT2D eigenvalue weighted by molar-refractivity contribution is 7.89. The van der Waals surface area contributed by atoms with E-state index in [-0.39, 0.29) is 30.4 Å². The minimum absolute atomic E-state index is 0.179. The molecule has 1 amide bonds. The molecule has 2 aromatic carbocycles. The summed E-state index contributed by atoms with van der Waals surface area (Å²) in [4.78, 5) is 15.4. The Morgan fingerprint density at radius 3 is 2.22 bits per heavy atom. The van der Waals surface area contributed by atoms with Crippen LogP contribution in [-0.2, 0) is 27.8 Å². The summed E-state index contributed by atoms with van der Waals surface area (Å²) in [6, 6.07) is 16.0. The molecule has 1 heterocycles. The molecule has 0 saturated carbocycles. The van der Waals surface area contributed by atoms with Crippen molar-refractivity contribution in [2.24, 2.45) is 0 Å². The van der Waals surface area contributed by atoms with Gasteiger partial charge in [-0.1, -0.05) is 30.7 Å². The molecule has 0 saturated heterocycles. The van der Waals surface area contributed by atoms with Crippen LogP contribution in [0.5, 0.6) is 11.5 Å². The van der Waals surface area contributed by atoms with E-state index in [1.54, 1.807) is 43.4 Å². The summed E-state index contributed by atoms with van der Waals surface area (Å²) in [5.74, 6) is 2.33. The Morgan fingerprint density at radius 1 is 0.919 bits per heavy atom. The molecule has 0 radical (unpaired) electrons. The lowest BCUT2D eigenvalue weighted by molar-refractivity contribution is -0.132. The zero-order chi connectivity index (χ0) is 27.0. The van der Waals surface area contributed by atoms with Crippen molar-refractivity contribution in [2.45, 2.75) is 45.1 Å². The molecule has 0 aliphatic rings. The minimum Gasteiger partial charge on any atom is -0.493 e. The third-order valence-corrected chi connectivity index (χ3v) is 7.92. The summed E-state index contributed by atoms with van der Waals surface area (Å²) < 4.78 is 44.4. The Kier molecular flexibility index (Phi) is 9.77. The molecule has 0 aliphatic heterocycles. The Balaban J connectivity index is 1.82. The topological polar surface area (TPSA) is 89.3 Å². The number of carbonyl (C=O) groups is 1. The fourth-order valence-electron chi connectivity index (χ4n) is 3.99. The Morgan fingerprint density at radius 2 is 1.62 bits per heavy atom. The number of rotatable bonds is 13. The van der Waals surface area contributed by atoms with Gasteiger partial charge in [0.15, 0.2) is 11.5 Å². The maximum atomic E-state index is 13.5. The van der Waals surface area contributed by atoms with E-state index in [0.717, 1.165) is 16.9 Å². The number of sulfonamides is 1. The molecule has 0 N–H and O–H groups in total. The van der Waals surface area contributed by atoms with Gasteiger partial charge in [-0.15, -0.1) is 0 Å². The van der Waals surface area contributed by atoms with E-state index in [1.165, 1.54) is 4.31 Å². The standard InChI is InChI=1S/C28H36N2O6S/c1-6-16-30(37(32,33)25-12-7-21(2)8-13-25)20-28(31)29(19-24-11-9-22(3)36-24)17-15-23-10-14-26(34-4)27(18-23)35-5/h7-14,18H,6,15-17,19-20H2,1-5H3. The molecule has 0 atom stereocenters. The van der Waals surface area contributed by atoms with E-state index in [1.807, 2.05) is 51.1 Å². The number of hydrogen-bond acceptors (Lipinski definition) is 6. The summed E-state index contributed by atoms with van der Waals surface area (Å²) >= 11 is 0. The molecule has 0 spiro atoms. The van der Waals surface area contributed by atoms with Gasteiger partial charge in [0, 0.05) is 13.1 Å². The molecule has 3 aromatic rings. The largest absolute Gasteiger partial charge is 0.493 e. The van der Waals surface area contributed by atoms with Gasteiger partial charge in [0.25, 0.3) is 0 Å². The maximum absolute atomic E-state index is 13.5. The van der Waals surface area contributed by atoms with Crippen molar-refractivity contribution in [1.82, 2.24) is 9.21 Å². The summed E-state index contributed by atoms with van der Waals surface area (Å²) in [5.41, 5.74) is 1.93. The molecule has 0 fully saturated rings. The van der Waals surface area contributed by atoms with Crippen LogP contribution in [0.25, 0.3) is 0 Å². The SMILES string of the molecule is CCCN(CC(=O)N(CCc1ccc(OC)c(OC)c1)Cc1ccc(C)o1)S(=O)(=O)c1ccc(C)cc1. The van der Waals surface area contributed by atoms with Gasteiger partial charge in [-0.2, -0.15) is 4.31 Å². The van der Waals surface area contributed by atoms with Gasteiger partial charge in [-0.3, -0.25) is 4.79 Å². The summed E-state index contributed by atoms with van der Waals surface area (Å²) in [5, 5.41) is 0. The van der Waals surface area contributed by atoms with Gasteiger partial charge in [0.2, 0.25) is 15.9 Å². The molecular formula is C28H36N2O6S. The summed E-state index contributed by atoms with van der Waals surface area (Å²) in [7, 11) is -0.673. The molecule has 0 bridgehead atoms. The van der Waals surface area contributed by atoms with E-state index in [9.17, 15) is 13.2 Å². The second kappa shape index (κ2) is 12.8. The average Bonchev–Trinajstić information content (AvgIpc) is 3.30. The summed E-state index contributed by atoms with van der Waals surface area (Å²) in [6.07, 6.45) is 1.13. The van der Waals surface area contributed by atoms with Crippen LogP contribution in [-0.4, -0.2) is 57.4 Å². The number of ether oxygens (including phenoxy) is 2. The van der Waals surface area contributed by atoms with Crippen LogP contribution in [0.4, 0.5) is 0 Å². The van der Waals surface area contributed by atoms with Crippen molar-refractivity contribution in [3.63, 3.8) is 0 Å². The zero-order valence-corrected chi connectivity index (χ0v) is 23.0. The van der Waals surface area contributed by atoms with Crippen LogP contribution >= 0.6 is 0 Å². The van der Waals surface area contributed by atoms with Gasteiger partial charge in [-0.05, 0) is 68.7 Å². The fourth-order valence-corrected chi connectivity index (χ4v) is 5.48. The highest BCUT2D eigenvalue weighted by atomic mass is 32.2. The average molecular weight is 529 g/mol. The van der Waals surface area contributed by atoms with Gasteiger partial charge >= 0.3 is 0 Å². The Labute approximate surface area is 219 Å². The Hall–Kier alpha value is -3.30. The van der Waals surface area contributed by atoms with E-state index in [4.69, 9.17) is 13.9 Å². The van der Waals surface area contributed by atoms with Gasteiger partial charge in [-0.25, -0.2) is 8.42 Å². The van der Waals surface area contributed by atoms with E-state index in [2.05, 4.69) is 0 Å². The van der Waals surface area contributed by atoms with Crippen molar-refractivity contribution in [3.05, 3.63) is 77.2 Å². The number of amides is 1. The quantitative estimate of drug-likeness (QED) is 0.323. The molecule has 200 valence electrons. The highest BCUT2D eigenvalue weighted by Crippen LogP contribution is 2.28. The van der Waals surface area contributed by atoms with E-state index < -0.39 is 10.0 Å². The highest BCUT2D eigenvalue weighted by Gasteiger charge is 2.28. The molecule has 1 aromatic heterocycles. The number of furan rings is 1. The lowest BCUT2D eigenvalue weighted by Gasteiger charge is -2.27. The molecule has 0 aliphatic carbocycles. The first-order valence-corrected chi connectivity index (χ1v) is 13.7. The number of hydrogen-bond donors (Lipinski definition) is 0. The monoisotopic (exact) mass is 528 g/mol. The molecule has 3 rings (SSSR count). The second-order valence-corrected chi connectivity index (χ2v) is 10.9. The van der Waals surface area contributed by atoms with Crippen LogP contribution in [0.15, 0.2) is 63.9 Å². The van der Waals surface area contributed by atoms with Crippen LogP contribution in [0.3, 0.4) is 0 Å². The molecular weight excluding hydrogens is 492 g/mol. The zero-order valence-electron chi connectivity index (χ0n) is 22.2. The number of benzene rings is 2. The van der Waals surface area contributed by atoms with Gasteiger partial charge in [0.1, 0.15) is 11.5 Å². The van der Waals surface area contributed by atoms with Crippen molar-refractivity contribution < 1.29 is 27.1 Å². The Bertz CT molecular complexity index is 1280. The van der Waals surface area contributed by atoms with Crippen molar-refractivity contribution in [2.75, 3.05) is 33.9 Å². The number of methoxy groups -OCH3 is 2. The van der Waals surface area contributed by atoms with Crippen LogP contribution in [0, 0.1) is 13.8 Å². The molecule has 0 unspecified atom stereocenters. The molecule has 37 heavy (non-hydrogen) atoms. The maximum Gasteiger partial charge on any atom is 0.243 e. The van der Waals surface area contributed by atoms with Crippen molar-refractivity contribution >= 4 is 15.9 Å². The lowest BCUT2D eigenvalue weighted by Crippen LogP contribution is -2.43. The third-order valence-electron chi connectivity index (χ3n) is 6.06. The molecule has 8 nitrogen and oxygen atoms in total. The number of carbonyl (C=O) groups excluding carboxylic acids is 1. The predicted molar refractivity (Wildman–Crippen MR) is 142 cm³/mol. The first-order valence-electron chi connectivity index (χ1n) is 12.3. The fraction of sp³-hybridized carbons (Fsp3) is 0.393. The number of nitrogens with zero attached hydrogens (tertiary/aromatic N) is 2. The van der Waals surface area contributed by atoms with Crippen molar-refractivity contribution in [3.8, 4) is 11.5 Å².